The SMILES string of the molecule is Cc1cccc(N2CCN(CCC(C)(C)C(=N)N)CC2)c1. The molecule has 1 aliphatic rings. The second-order valence-electron chi connectivity index (χ2n) is 6.72. The number of nitrogens with one attached hydrogen (secondary N) is 1. The maximum atomic E-state index is 7.63. The summed E-state index contributed by atoms with van der Waals surface area (Å²) in [6, 6.07) is 8.73. The molecule has 1 fully saturated rings. The molecule has 21 heavy (non-hydrogen) atoms. The summed E-state index contributed by atoms with van der Waals surface area (Å²) < 4.78 is 0. The van der Waals surface area contributed by atoms with Crippen molar-refractivity contribution in [3.05, 3.63) is 29.8 Å². The number of rotatable bonds is 5. The lowest BCUT2D eigenvalue weighted by Crippen LogP contribution is -2.47. The van der Waals surface area contributed by atoms with Crippen molar-refractivity contribution in [1.82, 2.24) is 4.90 Å². The average molecular weight is 288 g/mol. The molecule has 0 spiro atoms. The van der Waals surface area contributed by atoms with Gasteiger partial charge in [-0.25, -0.2) is 0 Å². The van der Waals surface area contributed by atoms with E-state index in [1.54, 1.807) is 0 Å². The smallest absolute Gasteiger partial charge is 0.0963 e. The lowest BCUT2D eigenvalue weighted by atomic mass is 9.88. The van der Waals surface area contributed by atoms with Crippen LogP contribution in [0.15, 0.2) is 24.3 Å². The van der Waals surface area contributed by atoms with E-state index in [1.165, 1.54) is 11.3 Å². The van der Waals surface area contributed by atoms with Crippen molar-refractivity contribution < 1.29 is 0 Å². The Balaban J connectivity index is 1.82. The van der Waals surface area contributed by atoms with Crippen LogP contribution in [0.3, 0.4) is 0 Å². The van der Waals surface area contributed by atoms with Gasteiger partial charge in [-0.1, -0.05) is 26.0 Å². The zero-order chi connectivity index (χ0) is 15.5. The maximum Gasteiger partial charge on any atom is 0.0963 e. The molecule has 1 heterocycles. The summed E-state index contributed by atoms with van der Waals surface area (Å²) in [7, 11) is 0. The van der Waals surface area contributed by atoms with Crippen molar-refractivity contribution >= 4 is 11.5 Å². The highest BCUT2D eigenvalue weighted by molar-refractivity contribution is 5.82. The Morgan fingerprint density at radius 1 is 1.24 bits per heavy atom. The van der Waals surface area contributed by atoms with Crippen LogP contribution in [0.25, 0.3) is 0 Å². The van der Waals surface area contributed by atoms with Crippen LogP contribution in [0.5, 0.6) is 0 Å². The molecule has 4 heteroatoms. The number of anilines is 1. The van der Waals surface area contributed by atoms with Crippen LogP contribution in [0.4, 0.5) is 5.69 Å². The van der Waals surface area contributed by atoms with Crippen LogP contribution in [0.2, 0.25) is 0 Å². The standard InChI is InChI=1S/C17H28N4/c1-14-5-4-6-15(13-14)21-11-9-20(10-12-21)8-7-17(2,3)16(18)19/h4-6,13H,7-12H2,1-3H3,(H3,18,19). The van der Waals surface area contributed by atoms with Crippen LogP contribution in [-0.2, 0) is 0 Å². The minimum atomic E-state index is -0.187. The Kier molecular flexibility index (Phi) is 4.88. The molecule has 0 aromatic heterocycles. The second kappa shape index (κ2) is 6.48. The van der Waals surface area contributed by atoms with Crippen molar-refractivity contribution in [2.75, 3.05) is 37.6 Å². The van der Waals surface area contributed by atoms with Crippen LogP contribution < -0.4 is 10.6 Å². The first-order chi connectivity index (χ1) is 9.88. The Labute approximate surface area is 128 Å². The number of hydrogen-bond acceptors (Lipinski definition) is 3. The molecular weight excluding hydrogens is 260 g/mol. The lowest BCUT2D eigenvalue weighted by molar-refractivity contribution is 0.232. The van der Waals surface area contributed by atoms with Gasteiger partial charge in [0, 0.05) is 37.3 Å². The van der Waals surface area contributed by atoms with Gasteiger partial charge >= 0.3 is 0 Å². The van der Waals surface area contributed by atoms with Crippen LogP contribution in [-0.4, -0.2) is 43.5 Å². The third-order valence-corrected chi connectivity index (χ3v) is 4.52. The second-order valence-corrected chi connectivity index (χ2v) is 6.72. The molecule has 0 unspecified atom stereocenters. The molecule has 0 aliphatic carbocycles. The highest BCUT2D eigenvalue weighted by Crippen LogP contribution is 2.22. The van der Waals surface area contributed by atoms with E-state index in [-0.39, 0.29) is 5.41 Å². The number of amidine groups is 1. The van der Waals surface area contributed by atoms with Crippen molar-refractivity contribution in [2.45, 2.75) is 27.2 Å². The Hall–Kier alpha value is -1.55. The molecule has 1 aromatic rings. The predicted molar refractivity (Wildman–Crippen MR) is 90.1 cm³/mol. The molecule has 3 N–H and O–H groups in total. The summed E-state index contributed by atoms with van der Waals surface area (Å²) >= 11 is 0. The van der Waals surface area contributed by atoms with E-state index in [0.717, 1.165) is 39.1 Å². The number of benzene rings is 1. The molecule has 0 bridgehead atoms. The average Bonchev–Trinajstić information content (AvgIpc) is 2.45. The first kappa shape index (κ1) is 15.8. The zero-order valence-electron chi connectivity index (χ0n) is 13.5. The monoisotopic (exact) mass is 288 g/mol. The Bertz CT molecular complexity index is 487. The van der Waals surface area contributed by atoms with Gasteiger partial charge in [0.15, 0.2) is 0 Å². The van der Waals surface area contributed by atoms with Gasteiger partial charge in [0.25, 0.3) is 0 Å². The van der Waals surface area contributed by atoms with E-state index in [2.05, 4.69) is 54.8 Å². The quantitative estimate of drug-likeness (QED) is 0.646. The van der Waals surface area contributed by atoms with Gasteiger partial charge in [0.05, 0.1) is 5.84 Å². The largest absolute Gasteiger partial charge is 0.387 e. The number of nitrogens with zero attached hydrogens (tertiary/aromatic N) is 2. The molecule has 4 nitrogen and oxygen atoms in total. The Morgan fingerprint density at radius 2 is 1.90 bits per heavy atom. The molecular formula is C17H28N4. The minimum absolute atomic E-state index is 0.187. The fourth-order valence-corrected chi connectivity index (χ4v) is 2.63. The van der Waals surface area contributed by atoms with Gasteiger partial charge in [-0.2, -0.15) is 0 Å². The van der Waals surface area contributed by atoms with E-state index in [9.17, 15) is 0 Å². The van der Waals surface area contributed by atoms with Gasteiger partial charge < -0.3 is 10.6 Å². The van der Waals surface area contributed by atoms with Crippen LogP contribution in [0.1, 0.15) is 25.8 Å². The fraction of sp³-hybridized carbons (Fsp3) is 0.588. The molecule has 0 atom stereocenters. The highest BCUT2D eigenvalue weighted by Gasteiger charge is 2.24. The van der Waals surface area contributed by atoms with E-state index in [0.29, 0.717) is 5.84 Å². The number of piperazine rings is 1. The fourth-order valence-electron chi connectivity index (χ4n) is 2.63. The molecule has 0 amide bonds. The van der Waals surface area contributed by atoms with Crippen LogP contribution in [0, 0.1) is 17.7 Å². The normalized spacial score (nSPS) is 17.0. The molecule has 1 saturated heterocycles. The third kappa shape index (κ3) is 4.21. The van der Waals surface area contributed by atoms with Gasteiger partial charge in [0.1, 0.15) is 0 Å². The molecule has 2 rings (SSSR count). The lowest BCUT2D eigenvalue weighted by Gasteiger charge is -2.37. The van der Waals surface area contributed by atoms with Crippen molar-refractivity contribution in [3.8, 4) is 0 Å². The summed E-state index contributed by atoms with van der Waals surface area (Å²) in [5.74, 6) is 0.292. The number of hydrogen-bond donors (Lipinski definition) is 2. The first-order valence-corrected chi connectivity index (χ1v) is 7.77. The highest BCUT2D eigenvalue weighted by atomic mass is 15.3. The number of aryl methyl sites for hydroxylation is 1. The Morgan fingerprint density at radius 3 is 2.48 bits per heavy atom. The summed E-state index contributed by atoms with van der Waals surface area (Å²) in [5, 5.41) is 7.63. The first-order valence-electron chi connectivity index (χ1n) is 7.77. The van der Waals surface area contributed by atoms with Gasteiger partial charge in [-0.15, -0.1) is 0 Å². The molecule has 1 aliphatic heterocycles. The zero-order valence-corrected chi connectivity index (χ0v) is 13.5. The summed E-state index contributed by atoms with van der Waals surface area (Å²) in [5.41, 5.74) is 8.12. The molecule has 1 aromatic carbocycles. The summed E-state index contributed by atoms with van der Waals surface area (Å²) in [4.78, 5) is 4.94. The van der Waals surface area contributed by atoms with E-state index >= 15 is 0 Å². The van der Waals surface area contributed by atoms with Gasteiger partial charge in [-0.05, 0) is 37.6 Å². The minimum Gasteiger partial charge on any atom is -0.387 e. The maximum absolute atomic E-state index is 7.63. The predicted octanol–water partition coefficient (Wildman–Crippen LogP) is 2.47. The van der Waals surface area contributed by atoms with Crippen molar-refractivity contribution in [1.29, 1.82) is 5.41 Å². The molecule has 0 saturated carbocycles. The van der Waals surface area contributed by atoms with E-state index in [4.69, 9.17) is 11.1 Å². The number of nitrogens with two attached hydrogens (primary N) is 1. The van der Waals surface area contributed by atoms with Gasteiger partial charge in [-0.3, -0.25) is 10.3 Å². The third-order valence-electron chi connectivity index (χ3n) is 4.52. The molecule has 0 radical (unpaired) electrons. The topological polar surface area (TPSA) is 56.4 Å². The van der Waals surface area contributed by atoms with E-state index < -0.39 is 0 Å². The summed E-state index contributed by atoms with van der Waals surface area (Å²) in [6.07, 6.45) is 0.951. The van der Waals surface area contributed by atoms with Crippen molar-refractivity contribution in [3.63, 3.8) is 0 Å². The molecule has 116 valence electrons. The van der Waals surface area contributed by atoms with Gasteiger partial charge in [0.2, 0.25) is 0 Å². The van der Waals surface area contributed by atoms with Crippen molar-refractivity contribution in [2.24, 2.45) is 11.1 Å². The van der Waals surface area contributed by atoms with E-state index in [1.807, 2.05) is 0 Å². The summed E-state index contributed by atoms with van der Waals surface area (Å²) in [6.45, 7) is 11.6. The van der Waals surface area contributed by atoms with Crippen LogP contribution >= 0.6 is 0 Å².